The Morgan fingerprint density at radius 3 is 2.56 bits per heavy atom. The molecule has 0 fully saturated rings. The van der Waals surface area contributed by atoms with Crippen LogP contribution in [0.15, 0.2) is 29.3 Å². The van der Waals surface area contributed by atoms with Crippen molar-refractivity contribution in [2.24, 2.45) is 4.99 Å². The highest BCUT2D eigenvalue weighted by Crippen LogP contribution is 2.29. The van der Waals surface area contributed by atoms with E-state index in [9.17, 15) is 18.0 Å². The van der Waals surface area contributed by atoms with E-state index in [4.69, 9.17) is 0 Å². The van der Waals surface area contributed by atoms with Gasteiger partial charge in [-0.1, -0.05) is 19.1 Å². The second kappa shape index (κ2) is 9.29. The summed E-state index contributed by atoms with van der Waals surface area (Å²) in [4.78, 5) is 17.4. The molecule has 1 atom stereocenters. The Labute approximate surface area is 146 Å². The lowest BCUT2D eigenvalue weighted by atomic mass is 10.1. The van der Waals surface area contributed by atoms with Crippen LogP contribution in [0.4, 0.5) is 13.2 Å². The fourth-order valence-electron chi connectivity index (χ4n) is 1.82. The monoisotopic (exact) mass is 358 g/mol. The topological polar surface area (TPSA) is 56.7 Å². The lowest BCUT2D eigenvalue weighted by molar-refractivity contribution is -0.137. The summed E-state index contributed by atoms with van der Waals surface area (Å²) in [5.41, 5.74) is -0.258. The Kier molecular flexibility index (Phi) is 7.73. The van der Waals surface area contributed by atoms with E-state index in [-0.39, 0.29) is 25.0 Å². The molecular formula is C17H25F3N4O. The number of likely N-dealkylation sites (N-methyl/N-ethyl adjacent to an activating group) is 1. The number of hydrogen-bond donors (Lipinski definition) is 2. The third kappa shape index (κ3) is 7.45. The Balaban J connectivity index is 2.85. The number of aliphatic imine (C=N–C) groups is 1. The first kappa shape index (κ1) is 20.8. The molecule has 5 nitrogen and oxygen atoms in total. The van der Waals surface area contributed by atoms with E-state index in [0.29, 0.717) is 11.5 Å². The third-order valence-corrected chi connectivity index (χ3v) is 3.58. The fourth-order valence-corrected chi connectivity index (χ4v) is 1.82. The van der Waals surface area contributed by atoms with Crippen LogP contribution in [0.1, 0.15) is 31.4 Å². The molecule has 8 heteroatoms. The first-order chi connectivity index (χ1) is 11.6. The Morgan fingerprint density at radius 1 is 1.32 bits per heavy atom. The summed E-state index contributed by atoms with van der Waals surface area (Å²) in [5.74, 6) is 0.264. The highest BCUT2D eigenvalue weighted by atomic mass is 19.4. The van der Waals surface area contributed by atoms with E-state index in [1.807, 2.05) is 13.8 Å². The van der Waals surface area contributed by atoms with Crippen LogP contribution >= 0.6 is 0 Å². The molecule has 25 heavy (non-hydrogen) atoms. The van der Waals surface area contributed by atoms with E-state index in [1.165, 1.54) is 11.0 Å². The lowest BCUT2D eigenvalue weighted by Gasteiger charge is -2.18. The van der Waals surface area contributed by atoms with Crippen LogP contribution in [0.2, 0.25) is 0 Å². The number of alkyl halides is 3. The zero-order valence-electron chi connectivity index (χ0n) is 14.9. The molecule has 1 rings (SSSR count). The molecule has 0 saturated heterocycles. The number of carbonyl (C=O) groups excluding carboxylic acids is 1. The Hall–Kier alpha value is -2.25. The van der Waals surface area contributed by atoms with E-state index in [1.54, 1.807) is 20.2 Å². The van der Waals surface area contributed by atoms with Crippen LogP contribution in [0.5, 0.6) is 0 Å². The smallest absolute Gasteiger partial charge is 0.354 e. The SMILES string of the molecule is CCC(C)NC(=NCc1cccc(C(F)(F)F)c1)NCC(=O)N(C)C. The molecule has 1 unspecified atom stereocenters. The van der Waals surface area contributed by atoms with Gasteiger partial charge in [-0.2, -0.15) is 13.2 Å². The quantitative estimate of drug-likeness (QED) is 0.607. The number of amides is 1. The molecule has 0 aromatic heterocycles. The van der Waals surface area contributed by atoms with E-state index in [2.05, 4.69) is 15.6 Å². The van der Waals surface area contributed by atoms with E-state index < -0.39 is 11.7 Å². The lowest BCUT2D eigenvalue weighted by Crippen LogP contribution is -2.45. The van der Waals surface area contributed by atoms with Crippen LogP contribution in [-0.2, 0) is 17.5 Å². The second-order valence-electron chi connectivity index (χ2n) is 5.96. The van der Waals surface area contributed by atoms with Crippen molar-refractivity contribution in [1.82, 2.24) is 15.5 Å². The molecule has 0 heterocycles. The van der Waals surface area contributed by atoms with Crippen LogP contribution in [0.25, 0.3) is 0 Å². The summed E-state index contributed by atoms with van der Waals surface area (Å²) in [5, 5.41) is 6.03. The van der Waals surface area contributed by atoms with Crippen LogP contribution < -0.4 is 10.6 Å². The average molecular weight is 358 g/mol. The van der Waals surface area contributed by atoms with Gasteiger partial charge < -0.3 is 15.5 Å². The summed E-state index contributed by atoms with van der Waals surface area (Å²) in [6.45, 7) is 4.08. The van der Waals surface area contributed by atoms with Crippen molar-refractivity contribution in [3.8, 4) is 0 Å². The molecule has 0 spiro atoms. The van der Waals surface area contributed by atoms with Gasteiger partial charge >= 0.3 is 6.18 Å². The van der Waals surface area contributed by atoms with Crippen molar-refractivity contribution in [3.63, 3.8) is 0 Å². The van der Waals surface area contributed by atoms with Gasteiger partial charge in [0, 0.05) is 20.1 Å². The molecule has 140 valence electrons. The number of rotatable bonds is 6. The maximum atomic E-state index is 12.8. The molecule has 0 aliphatic carbocycles. The van der Waals surface area contributed by atoms with Crippen molar-refractivity contribution >= 4 is 11.9 Å². The molecule has 1 aromatic carbocycles. The molecule has 2 N–H and O–H groups in total. The van der Waals surface area contributed by atoms with Gasteiger partial charge in [-0.05, 0) is 31.0 Å². The van der Waals surface area contributed by atoms with Gasteiger partial charge in [0.2, 0.25) is 5.91 Å². The first-order valence-corrected chi connectivity index (χ1v) is 8.04. The highest BCUT2D eigenvalue weighted by molar-refractivity contribution is 5.86. The average Bonchev–Trinajstić information content (AvgIpc) is 2.56. The van der Waals surface area contributed by atoms with Crippen LogP contribution in [0, 0.1) is 0 Å². The summed E-state index contributed by atoms with van der Waals surface area (Å²) in [6.07, 6.45) is -3.54. The van der Waals surface area contributed by atoms with Gasteiger partial charge in [-0.15, -0.1) is 0 Å². The molecule has 0 bridgehead atoms. The summed E-state index contributed by atoms with van der Waals surface area (Å²) < 4.78 is 38.3. The van der Waals surface area contributed by atoms with Gasteiger partial charge in [0.15, 0.2) is 5.96 Å². The van der Waals surface area contributed by atoms with E-state index >= 15 is 0 Å². The predicted octanol–water partition coefficient (Wildman–Crippen LogP) is 2.63. The minimum absolute atomic E-state index is 0.0534. The minimum atomic E-state index is -4.38. The van der Waals surface area contributed by atoms with Crippen molar-refractivity contribution in [3.05, 3.63) is 35.4 Å². The summed E-state index contributed by atoms with van der Waals surface area (Å²) in [7, 11) is 3.29. The predicted molar refractivity (Wildman–Crippen MR) is 92.2 cm³/mol. The van der Waals surface area contributed by atoms with Crippen LogP contribution in [-0.4, -0.2) is 43.4 Å². The highest BCUT2D eigenvalue weighted by Gasteiger charge is 2.30. The molecule has 0 radical (unpaired) electrons. The fraction of sp³-hybridized carbons (Fsp3) is 0.529. The van der Waals surface area contributed by atoms with Crippen molar-refractivity contribution in [1.29, 1.82) is 0 Å². The van der Waals surface area contributed by atoms with Crippen molar-refractivity contribution < 1.29 is 18.0 Å². The maximum Gasteiger partial charge on any atom is 0.416 e. The molecular weight excluding hydrogens is 333 g/mol. The summed E-state index contributed by atoms with van der Waals surface area (Å²) >= 11 is 0. The molecule has 0 aliphatic rings. The number of halogens is 3. The molecule has 1 amide bonds. The van der Waals surface area contributed by atoms with E-state index in [0.717, 1.165) is 18.6 Å². The molecule has 1 aromatic rings. The number of nitrogens with one attached hydrogen (secondary N) is 2. The van der Waals surface area contributed by atoms with Crippen molar-refractivity contribution in [2.75, 3.05) is 20.6 Å². The van der Waals surface area contributed by atoms with Crippen molar-refractivity contribution in [2.45, 2.75) is 39.0 Å². The van der Waals surface area contributed by atoms with Gasteiger partial charge in [0.05, 0.1) is 18.7 Å². The normalized spacial score (nSPS) is 13.3. The number of hydrogen-bond acceptors (Lipinski definition) is 2. The summed E-state index contributed by atoms with van der Waals surface area (Å²) in [6, 6.07) is 5.17. The van der Waals surface area contributed by atoms with Gasteiger partial charge in [-0.3, -0.25) is 4.79 Å². The number of nitrogens with zero attached hydrogens (tertiary/aromatic N) is 2. The standard InChI is InChI=1S/C17H25F3N4O/c1-5-12(2)23-16(22-11-15(25)24(3)4)21-10-13-7-6-8-14(9-13)17(18,19)20/h6-9,12H,5,10-11H2,1-4H3,(H2,21,22,23). The Morgan fingerprint density at radius 2 is 2.00 bits per heavy atom. The Bertz CT molecular complexity index is 600. The largest absolute Gasteiger partial charge is 0.416 e. The van der Waals surface area contributed by atoms with Crippen LogP contribution in [0.3, 0.4) is 0 Å². The third-order valence-electron chi connectivity index (χ3n) is 3.58. The number of carbonyl (C=O) groups is 1. The zero-order chi connectivity index (χ0) is 19.0. The first-order valence-electron chi connectivity index (χ1n) is 8.04. The van der Waals surface area contributed by atoms with Gasteiger partial charge in [-0.25, -0.2) is 4.99 Å². The van der Waals surface area contributed by atoms with Gasteiger partial charge in [0.1, 0.15) is 0 Å². The second-order valence-corrected chi connectivity index (χ2v) is 5.96. The number of guanidine groups is 1. The minimum Gasteiger partial charge on any atom is -0.354 e. The number of benzene rings is 1. The molecule has 0 saturated carbocycles. The maximum absolute atomic E-state index is 12.8. The van der Waals surface area contributed by atoms with Gasteiger partial charge in [0.25, 0.3) is 0 Å². The zero-order valence-corrected chi connectivity index (χ0v) is 14.9. The molecule has 0 aliphatic heterocycles.